The lowest BCUT2D eigenvalue weighted by Crippen LogP contribution is -1.95. The summed E-state index contributed by atoms with van der Waals surface area (Å²) >= 11 is 0. The number of hydrogen-bond donors (Lipinski definition) is 0. The van der Waals surface area contributed by atoms with Crippen LogP contribution in [-0.2, 0) is 5.11 Å². The van der Waals surface area contributed by atoms with Gasteiger partial charge in [-0.2, -0.15) is 0 Å². The van der Waals surface area contributed by atoms with Crippen LogP contribution in [0, 0.1) is 0 Å². The van der Waals surface area contributed by atoms with E-state index >= 15 is 0 Å². The third kappa shape index (κ3) is 7.70. The Hall–Kier alpha value is -0.300. The summed E-state index contributed by atoms with van der Waals surface area (Å²) in [7, 11) is 0. The van der Waals surface area contributed by atoms with Crippen molar-refractivity contribution in [2.24, 2.45) is 0 Å². The van der Waals surface area contributed by atoms with E-state index in [2.05, 4.69) is 6.08 Å². The highest BCUT2D eigenvalue weighted by Gasteiger charge is 1.93. The van der Waals surface area contributed by atoms with Crippen LogP contribution in [0.5, 0.6) is 0 Å². The summed E-state index contributed by atoms with van der Waals surface area (Å²) in [5.41, 5.74) is 0. The van der Waals surface area contributed by atoms with Gasteiger partial charge in [-0.05, 0) is 33.1 Å². The Labute approximate surface area is 57.4 Å². The highest BCUT2D eigenvalue weighted by atomic mass is 16.3. The topological polar surface area (TPSA) is 19.9 Å². The van der Waals surface area contributed by atoms with E-state index in [0.29, 0.717) is 0 Å². The van der Waals surface area contributed by atoms with E-state index in [0.717, 1.165) is 19.3 Å². The highest BCUT2D eigenvalue weighted by molar-refractivity contribution is 4.76. The van der Waals surface area contributed by atoms with Gasteiger partial charge < -0.3 is 0 Å². The van der Waals surface area contributed by atoms with E-state index in [1.807, 2.05) is 13.0 Å². The van der Waals surface area contributed by atoms with Crippen molar-refractivity contribution in [2.75, 3.05) is 0 Å². The molecule has 1 unspecified atom stereocenters. The molecule has 1 atom stereocenters. The quantitative estimate of drug-likeness (QED) is 0.408. The van der Waals surface area contributed by atoms with Crippen LogP contribution in [0.3, 0.4) is 0 Å². The molecule has 0 aliphatic carbocycles. The average Bonchev–Trinajstić information content (AvgIpc) is 1.80. The molecular formula is C8H15O. The van der Waals surface area contributed by atoms with Crippen molar-refractivity contribution in [2.45, 2.75) is 39.2 Å². The molecule has 0 spiro atoms. The molecule has 0 bridgehead atoms. The Morgan fingerprint density at radius 3 is 2.67 bits per heavy atom. The molecule has 0 aliphatic rings. The zero-order valence-corrected chi connectivity index (χ0v) is 6.26. The van der Waals surface area contributed by atoms with Gasteiger partial charge >= 0.3 is 0 Å². The van der Waals surface area contributed by atoms with Gasteiger partial charge in [0.05, 0.1) is 6.10 Å². The van der Waals surface area contributed by atoms with Crippen LogP contribution in [0.4, 0.5) is 0 Å². The minimum atomic E-state index is -0.379. The molecule has 0 N–H and O–H groups in total. The Balaban J connectivity index is 2.91. The summed E-state index contributed by atoms with van der Waals surface area (Å²) in [5, 5.41) is 10.5. The summed E-state index contributed by atoms with van der Waals surface area (Å²) in [6.45, 7) is 3.72. The van der Waals surface area contributed by atoms with Crippen molar-refractivity contribution < 1.29 is 5.11 Å². The van der Waals surface area contributed by atoms with Crippen LogP contribution in [0.1, 0.15) is 33.1 Å². The molecule has 1 radical (unpaired) electrons. The summed E-state index contributed by atoms with van der Waals surface area (Å²) in [4.78, 5) is 0. The molecule has 0 fully saturated rings. The predicted octanol–water partition coefficient (Wildman–Crippen LogP) is 2.55. The minimum absolute atomic E-state index is 0.379. The van der Waals surface area contributed by atoms with Crippen LogP contribution in [-0.4, -0.2) is 6.10 Å². The van der Waals surface area contributed by atoms with Gasteiger partial charge in [0.25, 0.3) is 0 Å². The van der Waals surface area contributed by atoms with Crippen molar-refractivity contribution >= 4 is 0 Å². The van der Waals surface area contributed by atoms with Crippen molar-refractivity contribution in [3.05, 3.63) is 12.2 Å². The number of allylic oxidation sites excluding steroid dienone is 2. The van der Waals surface area contributed by atoms with E-state index in [9.17, 15) is 5.11 Å². The Morgan fingerprint density at radius 1 is 1.56 bits per heavy atom. The van der Waals surface area contributed by atoms with Crippen LogP contribution in [0.2, 0.25) is 0 Å². The van der Waals surface area contributed by atoms with E-state index in [-0.39, 0.29) is 6.10 Å². The zero-order valence-electron chi connectivity index (χ0n) is 6.26. The maximum absolute atomic E-state index is 10.5. The van der Waals surface area contributed by atoms with Gasteiger partial charge in [-0.25, -0.2) is 5.11 Å². The molecule has 53 valence electrons. The molecule has 0 rings (SSSR count). The number of unbranched alkanes of at least 4 members (excludes halogenated alkanes) is 1. The van der Waals surface area contributed by atoms with Crippen LogP contribution in [0.25, 0.3) is 0 Å². The second-order valence-corrected chi connectivity index (χ2v) is 2.31. The minimum Gasteiger partial charge on any atom is -0.233 e. The Bertz CT molecular complexity index is 74.6. The molecule has 0 aliphatic heterocycles. The fourth-order valence-corrected chi connectivity index (χ4v) is 0.690. The SMILES string of the molecule is CC=CCCCC(C)[O]. The van der Waals surface area contributed by atoms with Crippen molar-refractivity contribution in [1.82, 2.24) is 0 Å². The Kier molecular flexibility index (Phi) is 5.64. The molecule has 0 saturated carbocycles. The van der Waals surface area contributed by atoms with Gasteiger partial charge in [0.15, 0.2) is 0 Å². The number of hydrogen-bond acceptors (Lipinski definition) is 0. The first-order chi connectivity index (χ1) is 4.27. The fraction of sp³-hybridized carbons (Fsp3) is 0.750. The van der Waals surface area contributed by atoms with Gasteiger partial charge in [0.1, 0.15) is 0 Å². The zero-order chi connectivity index (χ0) is 7.11. The lowest BCUT2D eigenvalue weighted by molar-refractivity contribution is 0.0960. The summed E-state index contributed by atoms with van der Waals surface area (Å²) in [6.07, 6.45) is 6.65. The van der Waals surface area contributed by atoms with Crippen molar-refractivity contribution in [3.8, 4) is 0 Å². The smallest absolute Gasteiger partial charge is 0.0902 e. The van der Waals surface area contributed by atoms with Gasteiger partial charge in [-0.3, -0.25) is 0 Å². The van der Waals surface area contributed by atoms with E-state index < -0.39 is 0 Å². The van der Waals surface area contributed by atoms with Crippen LogP contribution >= 0.6 is 0 Å². The van der Waals surface area contributed by atoms with Gasteiger partial charge in [-0.15, -0.1) is 0 Å². The monoisotopic (exact) mass is 127 g/mol. The first-order valence-corrected chi connectivity index (χ1v) is 3.54. The molecule has 0 aromatic rings. The van der Waals surface area contributed by atoms with E-state index in [1.165, 1.54) is 0 Å². The Morgan fingerprint density at radius 2 is 2.22 bits per heavy atom. The molecular weight excluding hydrogens is 112 g/mol. The third-order valence-corrected chi connectivity index (χ3v) is 1.22. The molecule has 0 heterocycles. The average molecular weight is 127 g/mol. The summed E-state index contributed by atoms with van der Waals surface area (Å²) in [6, 6.07) is 0. The second-order valence-electron chi connectivity index (χ2n) is 2.31. The van der Waals surface area contributed by atoms with Crippen molar-refractivity contribution in [1.29, 1.82) is 0 Å². The van der Waals surface area contributed by atoms with Crippen LogP contribution < -0.4 is 0 Å². The largest absolute Gasteiger partial charge is 0.233 e. The molecule has 1 heteroatoms. The molecule has 9 heavy (non-hydrogen) atoms. The molecule has 0 aromatic heterocycles. The lowest BCUT2D eigenvalue weighted by atomic mass is 10.2. The van der Waals surface area contributed by atoms with Crippen LogP contribution in [0.15, 0.2) is 12.2 Å². The van der Waals surface area contributed by atoms with Crippen molar-refractivity contribution in [3.63, 3.8) is 0 Å². The second kappa shape index (κ2) is 5.83. The van der Waals surface area contributed by atoms with Gasteiger partial charge in [-0.1, -0.05) is 12.2 Å². The van der Waals surface area contributed by atoms with E-state index in [4.69, 9.17) is 0 Å². The number of rotatable bonds is 4. The predicted molar refractivity (Wildman–Crippen MR) is 38.8 cm³/mol. The molecule has 0 aromatic carbocycles. The molecule has 1 nitrogen and oxygen atoms in total. The van der Waals surface area contributed by atoms with Gasteiger partial charge in [0.2, 0.25) is 0 Å². The normalized spacial score (nSPS) is 14.6. The maximum atomic E-state index is 10.5. The molecule has 0 amide bonds. The van der Waals surface area contributed by atoms with E-state index in [1.54, 1.807) is 6.92 Å². The molecule has 0 saturated heterocycles. The standard InChI is InChI=1S/C8H15O/c1-3-4-5-6-7-8(2)9/h3-4,8H,5-7H2,1-2H3. The fourth-order valence-electron chi connectivity index (χ4n) is 0.690. The van der Waals surface area contributed by atoms with Gasteiger partial charge in [0, 0.05) is 0 Å². The maximum Gasteiger partial charge on any atom is 0.0902 e. The lowest BCUT2D eigenvalue weighted by Gasteiger charge is -1.96. The summed E-state index contributed by atoms with van der Waals surface area (Å²) in [5.74, 6) is 0. The first kappa shape index (κ1) is 8.70. The third-order valence-electron chi connectivity index (χ3n) is 1.22. The highest BCUT2D eigenvalue weighted by Crippen LogP contribution is 2.00. The first-order valence-electron chi connectivity index (χ1n) is 3.54. The summed E-state index contributed by atoms with van der Waals surface area (Å²) < 4.78 is 0.